The van der Waals surface area contributed by atoms with Crippen LogP contribution in [0.25, 0.3) is 0 Å². The van der Waals surface area contributed by atoms with Crippen molar-refractivity contribution in [2.75, 3.05) is 0 Å². The van der Waals surface area contributed by atoms with Crippen LogP contribution in [0.1, 0.15) is 53.9 Å². The van der Waals surface area contributed by atoms with Gasteiger partial charge in [0, 0.05) is 0 Å². The Balaban J connectivity index is 5.35. The van der Waals surface area contributed by atoms with Crippen molar-refractivity contribution in [3.8, 4) is 0 Å². The summed E-state index contributed by atoms with van der Waals surface area (Å²) in [7, 11) is 0. The highest BCUT2D eigenvalue weighted by molar-refractivity contribution is 5.79. The molecule has 0 aromatic carbocycles. The van der Waals surface area contributed by atoms with E-state index in [4.69, 9.17) is 5.11 Å². The van der Waals surface area contributed by atoms with E-state index in [1.165, 1.54) is 13.8 Å². The van der Waals surface area contributed by atoms with Crippen LogP contribution >= 0.6 is 0 Å². The first-order valence-corrected chi connectivity index (χ1v) is 6.54. The lowest BCUT2D eigenvalue weighted by molar-refractivity contribution is -0.146. The topological polar surface area (TPSA) is 99.3 Å². The van der Waals surface area contributed by atoms with Gasteiger partial charge in [0.2, 0.25) is 0 Å². The molecule has 3 atom stereocenters. The number of aliphatic carboxylic acids is 2. The predicted molar refractivity (Wildman–Crippen MR) is 71.3 cm³/mol. The van der Waals surface area contributed by atoms with E-state index in [1.54, 1.807) is 13.8 Å². The van der Waals surface area contributed by atoms with Crippen LogP contribution in [0.3, 0.4) is 0 Å². The fourth-order valence-electron chi connectivity index (χ4n) is 1.55. The van der Waals surface area contributed by atoms with Gasteiger partial charge in [-0.05, 0) is 32.6 Å². The van der Waals surface area contributed by atoms with E-state index in [-0.39, 0.29) is 12.3 Å². The minimum Gasteiger partial charge on any atom is -0.479 e. The van der Waals surface area contributed by atoms with Crippen molar-refractivity contribution >= 4 is 11.9 Å². The fraction of sp³-hybridized carbons (Fsp3) is 0.846. The van der Waals surface area contributed by atoms with Gasteiger partial charge in [0.1, 0.15) is 0 Å². The molecule has 0 saturated heterocycles. The van der Waals surface area contributed by atoms with Gasteiger partial charge in [-0.25, -0.2) is 9.59 Å². The summed E-state index contributed by atoms with van der Waals surface area (Å²) in [4.78, 5) is 22.5. The van der Waals surface area contributed by atoms with Crippen LogP contribution in [-0.4, -0.2) is 33.2 Å². The van der Waals surface area contributed by atoms with Gasteiger partial charge >= 0.3 is 11.9 Å². The molecule has 0 saturated carbocycles. The average molecular weight is 272 g/mol. The SMILES string of the molecule is CCCC(C)C(C)(N=NC(C)(CC)C(=O)O)C(=O)O. The number of hydrogen-bond acceptors (Lipinski definition) is 4. The smallest absolute Gasteiger partial charge is 0.333 e. The van der Waals surface area contributed by atoms with Crippen LogP contribution < -0.4 is 0 Å². The maximum atomic E-state index is 11.4. The number of carboxylic acid groups (broad SMARTS) is 2. The second kappa shape index (κ2) is 6.63. The van der Waals surface area contributed by atoms with Crippen molar-refractivity contribution in [2.45, 2.75) is 65.0 Å². The quantitative estimate of drug-likeness (QED) is 0.663. The van der Waals surface area contributed by atoms with E-state index in [0.717, 1.165) is 6.42 Å². The van der Waals surface area contributed by atoms with Gasteiger partial charge in [0.25, 0.3) is 0 Å². The normalized spacial score (nSPS) is 19.6. The number of carboxylic acids is 2. The molecule has 0 aromatic rings. The molecule has 2 N–H and O–H groups in total. The summed E-state index contributed by atoms with van der Waals surface area (Å²) in [6, 6.07) is 0. The molecule has 0 radical (unpaired) electrons. The first-order valence-electron chi connectivity index (χ1n) is 6.54. The van der Waals surface area contributed by atoms with E-state index in [2.05, 4.69) is 10.2 Å². The molecule has 0 aliphatic carbocycles. The molecule has 0 aromatic heterocycles. The van der Waals surface area contributed by atoms with E-state index in [0.29, 0.717) is 6.42 Å². The summed E-state index contributed by atoms with van der Waals surface area (Å²) in [6.45, 7) is 8.35. The van der Waals surface area contributed by atoms with Crippen LogP contribution in [-0.2, 0) is 9.59 Å². The summed E-state index contributed by atoms with van der Waals surface area (Å²) < 4.78 is 0. The molecule has 0 amide bonds. The molecule has 0 heterocycles. The third-order valence-electron chi connectivity index (χ3n) is 3.74. The van der Waals surface area contributed by atoms with Crippen molar-refractivity contribution in [3.05, 3.63) is 0 Å². The first-order chi connectivity index (χ1) is 8.64. The Morgan fingerprint density at radius 1 is 1.11 bits per heavy atom. The zero-order valence-corrected chi connectivity index (χ0v) is 12.3. The van der Waals surface area contributed by atoms with Crippen LogP contribution in [0.15, 0.2) is 10.2 Å². The van der Waals surface area contributed by atoms with Crippen molar-refractivity contribution < 1.29 is 19.8 Å². The van der Waals surface area contributed by atoms with Crippen LogP contribution in [0.2, 0.25) is 0 Å². The Hall–Kier alpha value is -1.46. The largest absolute Gasteiger partial charge is 0.479 e. The summed E-state index contributed by atoms with van der Waals surface area (Å²) in [5, 5.41) is 26.1. The number of azo groups is 1. The molecule has 19 heavy (non-hydrogen) atoms. The standard InChI is InChI=1S/C13H24N2O4/c1-6-8-9(3)13(5,11(18)19)15-14-12(4,7-2)10(16)17/h9H,6-8H2,1-5H3,(H,16,17)(H,18,19). The third kappa shape index (κ3) is 4.01. The number of carbonyl (C=O) groups is 2. The molecule has 0 aliphatic heterocycles. The summed E-state index contributed by atoms with van der Waals surface area (Å²) >= 11 is 0. The minimum absolute atomic E-state index is 0.214. The average Bonchev–Trinajstić information content (AvgIpc) is 2.35. The summed E-state index contributed by atoms with van der Waals surface area (Å²) in [5.41, 5.74) is -2.76. The second-order valence-electron chi connectivity index (χ2n) is 5.27. The Labute approximate surface area is 113 Å². The monoisotopic (exact) mass is 272 g/mol. The maximum absolute atomic E-state index is 11.4. The second-order valence-corrected chi connectivity index (χ2v) is 5.27. The van der Waals surface area contributed by atoms with Crippen LogP contribution in [0.4, 0.5) is 0 Å². The minimum atomic E-state index is -1.39. The maximum Gasteiger partial charge on any atom is 0.333 e. The lowest BCUT2D eigenvalue weighted by atomic mass is 9.85. The molecule has 3 unspecified atom stereocenters. The highest BCUT2D eigenvalue weighted by Gasteiger charge is 2.41. The van der Waals surface area contributed by atoms with Gasteiger partial charge in [-0.1, -0.05) is 27.2 Å². The van der Waals surface area contributed by atoms with Gasteiger partial charge in [0.15, 0.2) is 11.1 Å². The molecule has 6 nitrogen and oxygen atoms in total. The third-order valence-corrected chi connectivity index (χ3v) is 3.74. The highest BCUT2D eigenvalue weighted by atomic mass is 16.4. The van der Waals surface area contributed by atoms with Crippen molar-refractivity contribution in [2.24, 2.45) is 16.1 Å². The summed E-state index contributed by atoms with van der Waals surface area (Å²) in [5.74, 6) is -2.40. The molecule has 110 valence electrons. The summed E-state index contributed by atoms with van der Waals surface area (Å²) in [6.07, 6.45) is 1.78. The van der Waals surface area contributed by atoms with Crippen LogP contribution in [0.5, 0.6) is 0 Å². The van der Waals surface area contributed by atoms with E-state index < -0.39 is 23.0 Å². The van der Waals surface area contributed by atoms with E-state index >= 15 is 0 Å². The van der Waals surface area contributed by atoms with Gasteiger partial charge < -0.3 is 10.2 Å². The molecule has 0 fully saturated rings. The zero-order chi connectivity index (χ0) is 15.3. The van der Waals surface area contributed by atoms with Gasteiger partial charge in [-0.3, -0.25) is 0 Å². The Kier molecular flexibility index (Phi) is 6.12. The Bertz CT molecular complexity index is 370. The van der Waals surface area contributed by atoms with Gasteiger partial charge in [-0.2, -0.15) is 10.2 Å². The van der Waals surface area contributed by atoms with E-state index in [1.807, 2.05) is 6.92 Å². The molecular weight excluding hydrogens is 248 g/mol. The first kappa shape index (κ1) is 17.5. The van der Waals surface area contributed by atoms with E-state index in [9.17, 15) is 14.7 Å². The molecule has 0 aliphatic rings. The predicted octanol–water partition coefficient (Wildman–Crippen LogP) is 2.97. The molecule has 0 rings (SSSR count). The highest BCUT2D eigenvalue weighted by Crippen LogP contribution is 2.29. The number of nitrogens with zero attached hydrogens (tertiary/aromatic N) is 2. The molecule has 6 heteroatoms. The lowest BCUT2D eigenvalue weighted by Gasteiger charge is -2.27. The Morgan fingerprint density at radius 3 is 1.95 bits per heavy atom. The molecular formula is C13H24N2O4. The zero-order valence-electron chi connectivity index (χ0n) is 12.3. The lowest BCUT2D eigenvalue weighted by Crippen LogP contribution is -2.41. The molecule has 0 spiro atoms. The van der Waals surface area contributed by atoms with Crippen LogP contribution in [0, 0.1) is 5.92 Å². The Morgan fingerprint density at radius 2 is 1.63 bits per heavy atom. The number of hydrogen-bond donors (Lipinski definition) is 2. The number of rotatable bonds is 8. The van der Waals surface area contributed by atoms with Gasteiger partial charge in [0.05, 0.1) is 0 Å². The van der Waals surface area contributed by atoms with Crippen molar-refractivity contribution in [3.63, 3.8) is 0 Å². The molecule has 0 bridgehead atoms. The van der Waals surface area contributed by atoms with Crippen molar-refractivity contribution in [1.82, 2.24) is 0 Å². The van der Waals surface area contributed by atoms with Gasteiger partial charge in [-0.15, -0.1) is 0 Å². The van der Waals surface area contributed by atoms with Crippen molar-refractivity contribution in [1.29, 1.82) is 0 Å². The fourth-order valence-corrected chi connectivity index (χ4v) is 1.55.